The highest BCUT2D eigenvalue weighted by atomic mass is 19.1. The lowest BCUT2D eigenvalue weighted by Crippen LogP contribution is -2.42. The van der Waals surface area contributed by atoms with Gasteiger partial charge in [0.2, 0.25) is 0 Å². The molecule has 0 saturated carbocycles. The standard InChI is InChI=1S/C12H15FN2O3/c1-7(11(16)17)8(2)14-12(18)15-10-6-4-3-5-9(10)13/h3-8H,1-2H3,(H,16,17)(H2,14,15,18). The van der Waals surface area contributed by atoms with Crippen LogP contribution in [0.2, 0.25) is 0 Å². The van der Waals surface area contributed by atoms with E-state index in [1.807, 2.05) is 0 Å². The Morgan fingerprint density at radius 2 is 1.89 bits per heavy atom. The zero-order valence-electron chi connectivity index (χ0n) is 10.1. The molecule has 0 aliphatic carbocycles. The molecular formula is C12H15FN2O3. The Kier molecular flexibility index (Phi) is 4.65. The number of nitrogens with one attached hydrogen (secondary N) is 2. The van der Waals surface area contributed by atoms with Gasteiger partial charge >= 0.3 is 12.0 Å². The summed E-state index contributed by atoms with van der Waals surface area (Å²) in [4.78, 5) is 22.2. The Morgan fingerprint density at radius 3 is 2.44 bits per heavy atom. The Morgan fingerprint density at radius 1 is 1.28 bits per heavy atom. The van der Waals surface area contributed by atoms with Crippen LogP contribution in [0.3, 0.4) is 0 Å². The van der Waals surface area contributed by atoms with Gasteiger partial charge in [0, 0.05) is 6.04 Å². The summed E-state index contributed by atoms with van der Waals surface area (Å²) in [5, 5.41) is 13.5. The summed E-state index contributed by atoms with van der Waals surface area (Å²) in [6.07, 6.45) is 0. The van der Waals surface area contributed by atoms with Crippen LogP contribution in [0.1, 0.15) is 13.8 Å². The molecule has 0 bridgehead atoms. The fourth-order valence-electron chi connectivity index (χ4n) is 1.27. The number of hydrogen-bond acceptors (Lipinski definition) is 2. The third-order valence-electron chi connectivity index (χ3n) is 2.62. The Hall–Kier alpha value is -2.11. The molecule has 2 amide bonds. The van der Waals surface area contributed by atoms with E-state index in [9.17, 15) is 14.0 Å². The average molecular weight is 254 g/mol. The number of benzene rings is 1. The minimum Gasteiger partial charge on any atom is -0.481 e. The van der Waals surface area contributed by atoms with Gasteiger partial charge in [0.15, 0.2) is 0 Å². The molecule has 3 N–H and O–H groups in total. The third-order valence-corrected chi connectivity index (χ3v) is 2.62. The van der Waals surface area contributed by atoms with Gasteiger partial charge in [-0.05, 0) is 26.0 Å². The summed E-state index contributed by atoms with van der Waals surface area (Å²) < 4.78 is 13.2. The molecule has 98 valence electrons. The first kappa shape index (κ1) is 14.0. The molecule has 6 heteroatoms. The molecule has 1 aromatic carbocycles. The van der Waals surface area contributed by atoms with E-state index in [1.54, 1.807) is 13.0 Å². The summed E-state index contributed by atoms with van der Waals surface area (Å²) in [6, 6.07) is 4.53. The van der Waals surface area contributed by atoms with Crippen molar-refractivity contribution in [2.24, 2.45) is 5.92 Å². The molecule has 0 saturated heterocycles. The first-order chi connectivity index (χ1) is 8.41. The van der Waals surface area contributed by atoms with Crippen molar-refractivity contribution < 1.29 is 19.1 Å². The van der Waals surface area contributed by atoms with Gasteiger partial charge in [0.1, 0.15) is 5.82 Å². The number of carboxylic acid groups (broad SMARTS) is 1. The van der Waals surface area contributed by atoms with E-state index in [-0.39, 0.29) is 5.69 Å². The van der Waals surface area contributed by atoms with E-state index < -0.39 is 29.8 Å². The number of amides is 2. The predicted molar refractivity (Wildman–Crippen MR) is 64.8 cm³/mol. The number of aliphatic carboxylic acids is 1. The zero-order chi connectivity index (χ0) is 13.7. The summed E-state index contributed by atoms with van der Waals surface area (Å²) in [5.74, 6) is -2.28. The van der Waals surface area contributed by atoms with Gasteiger partial charge in [-0.3, -0.25) is 4.79 Å². The highest BCUT2D eigenvalue weighted by Gasteiger charge is 2.21. The molecule has 5 nitrogen and oxygen atoms in total. The minimum absolute atomic E-state index is 0.0465. The van der Waals surface area contributed by atoms with E-state index in [0.29, 0.717) is 0 Å². The van der Waals surface area contributed by atoms with Crippen molar-refractivity contribution in [1.82, 2.24) is 5.32 Å². The van der Waals surface area contributed by atoms with Crippen LogP contribution >= 0.6 is 0 Å². The number of para-hydroxylation sites is 1. The SMILES string of the molecule is CC(NC(=O)Nc1ccccc1F)C(C)C(=O)O. The number of carboxylic acids is 1. The fraction of sp³-hybridized carbons (Fsp3) is 0.333. The van der Waals surface area contributed by atoms with Crippen LogP contribution < -0.4 is 10.6 Å². The van der Waals surface area contributed by atoms with Crippen molar-refractivity contribution in [3.05, 3.63) is 30.1 Å². The first-order valence-electron chi connectivity index (χ1n) is 5.46. The molecule has 18 heavy (non-hydrogen) atoms. The molecule has 2 unspecified atom stereocenters. The van der Waals surface area contributed by atoms with Gasteiger partial charge in [-0.1, -0.05) is 12.1 Å². The third kappa shape index (κ3) is 3.73. The van der Waals surface area contributed by atoms with Crippen LogP contribution in [0, 0.1) is 11.7 Å². The Labute approximate surface area is 104 Å². The zero-order valence-corrected chi connectivity index (χ0v) is 10.1. The van der Waals surface area contributed by atoms with Crippen LogP contribution in [0.25, 0.3) is 0 Å². The van der Waals surface area contributed by atoms with E-state index >= 15 is 0 Å². The maximum absolute atomic E-state index is 13.2. The second-order valence-electron chi connectivity index (χ2n) is 3.99. The highest BCUT2D eigenvalue weighted by Crippen LogP contribution is 2.12. The molecule has 2 atom stereocenters. The quantitative estimate of drug-likeness (QED) is 0.769. The monoisotopic (exact) mass is 254 g/mol. The van der Waals surface area contributed by atoms with Gasteiger partial charge in [-0.15, -0.1) is 0 Å². The smallest absolute Gasteiger partial charge is 0.319 e. The van der Waals surface area contributed by atoms with Crippen LogP contribution in [0.5, 0.6) is 0 Å². The van der Waals surface area contributed by atoms with Crippen molar-refractivity contribution >= 4 is 17.7 Å². The predicted octanol–water partition coefficient (Wildman–Crippen LogP) is 2.06. The Bertz CT molecular complexity index is 451. The van der Waals surface area contributed by atoms with E-state index in [2.05, 4.69) is 10.6 Å². The highest BCUT2D eigenvalue weighted by molar-refractivity contribution is 5.89. The van der Waals surface area contributed by atoms with Crippen molar-refractivity contribution in [2.75, 3.05) is 5.32 Å². The van der Waals surface area contributed by atoms with Crippen LogP contribution in [0.15, 0.2) is 24.3 Å². The number of hydrogen-bond donors (Lipinski definition) is 3. The van der Waals surface area contributed by atoms with E-state index in [0.717, 1.165) is 0 Å². The lowest BCUT2D eigenvalue weighted by atomic mass is 10.0. The lowest BCUT2D eigenvalue weighted by molar-refractivity contribution is -0.141. The topological polar surface area (TPSA) is 78.4 Å². The molecular weight excluding hydrogens is 239 g/mol. The van der Waals surface area contributed by atoms with Crippen LogP contribution in [0.4, 0.5) is 14.9 Å². The lowest BCUT2D eigenvalue weighted by Gasteiger charge is -2.18. The summed E-state index contributed by atoms with van der Waals surface area (Å²) >= 11 is 0. The van der Waals surface area contributed by atoms with E-state index in [1.165, 1.54) is 25.1 Å². The molecule has 1 rings (SSSR count). The van der Waals surface area contributed by atoms with Crippen LogP contribution in [-0.4, -0.2) is 23.1 Å². The second kappa shape index (κ2) is 6.00. The van der Waals surface area contributed by atoms with Gasteiger partial charge in [-0.2, -0.15) is 0 Å². The van der Waals surface area contributed by atoms with Crippen LogP contribution in [-0.2, 0) is 4.79 Å². The van der Waals surface area contributed by atoms with Gasteiger partial charge < -0.3 is 15.7 Å². The number of anilines is 1. The van der Waals surface area contributed by atoms with Crippen molar-refractivity contribution in [3.8, 4) is 0 Å². The summed E-state index contributed by atoms with van der Waals surface area (Å²) in [7, 11) is 0. The van der Waals surface area contributed by atoms with Gasteiger partial charge in [0.05, 0.1) is 11.6 Å². The fourth-order valence-corrected chi connectivity index (χ4v) is 1.27. The molecule has 0 radical (unpaired) electrons. The molecule has 0 aromatic heterocycles. The van der Waals surface area contributed by atoms with Gasteiger partial charge in [0.25, 0.3) is 0 Å². The number of carbonyl (C=O) groups excluding carboxylic acids is 1. The second-order valence-corrected chi connectivity index (χ2v) is 3.99. The number of rotatable bonds is 4. The normalized spacial score (nSPS) is 13.5. The molecule has 0 heterocycles. The molecule has 0 fully saturated rings. The van der Waals surface area contributed by atoms with Crippen molar-refractivity contribution in [3.63, 3.8) is 0 Å². The Balaban J connectivity index is 2.57. The number of urea groups is 1. The minimum atomic E-state index is -1.01. The largest absolute Gasteiger partial charge is 0.481 e. The molecule has 0 spiro atoms. The summed E-state index contributed by atoms with van der Waals surface area (Å²) in [5.41, 5.74) is 0.0465. The van der Waals surface area contributed by atoms with Crippen molar-refractivity contribution in [2.45, 2.75) is 19.9 Å². The summed E-state index contributed by atoms with van der Waals surface area (Å²) in [6.45, 7) is 3.05. The maximum atomic E-state index is 13.2. The number of carbonyl (C=O) groups is 2. The first-order valence-corrected chi connectivity index (χ1v) is 5.46. The molecule has 0 aliphatic heterocycles. The molecule has 0 aliphatic rings. The average Bonchev–Trinajstić information content (AvgIpc) is 2.30. The van der Waals surface area contributed by atoms with E-state index in [4.69, 9.17) is 5.11 Å². The van der Waals surface area contributed by atoms with Crippen molar-refractivity contribution in [1.29, 1.82) is 0 Å². The number of halogens is 1. The molecule has 1 aromatic rings. The maximum Gasteiger partial charge on any atom is 0.319 e. The van der Waals surface area contributed by atoms with Gasteiger partial charge in [-0.25, -0.2) is 9.18 Å².